The minimum atomic E-state index is 0. The Bertz CT molecular complexity index is 100. The first kappa shape index (κ1) is 9.92. The van der Waals surface area contributed by atoms with E-state index in [1.54, 1.807) is 0 Å². The molecule has 3 heteroatoms. The summed E-state index contributed by atoms with van der Waals surface area (Å²) in [6, 6.07) is 0.519. The molecule has 0 spiro atoms. The zero-order valence-corrected chi connectivity index (χ0v) is 9.33. The number of ether oxygens (including phenoxy) is 1. The minimum absolute atomic E-state index is 0. The number of hydrogen-bond donors (Lipinski definition) is 1. The SMILES string of the molecule is C[CH-]NC1C(C)COC1C.[Lr]. The van der Waals surface area contributed by atoms with E-state index in [0.717, 1.165) is 6.61 Å². The van der Waals surface area contributed by atoms with Gasteiger partial charge in [0.15, 0.2) is 0 Å². The van der Waals surface area contributed by atoms with E-state index in [2.05, 4.69) is 19.2 Å². The molecule has 0 saturated carbocycles. The molecule has 1 aliphatic heterocycles. The molecule has 11 heavy (non-hydrogen) atoms. The summed E-state index contributed by atoms with van der Waals surface area (Å²) < 4.78 is 5.45. The molecule has 1 heterocycles. The van der Waals surface area contributed by atoms with Crippen molar-refractivity contribution in [3.63, 3.8) is 0 Å². The average molecular weight is 404 g/mol. The first-order valence-electron chi connectivity index (χ1n) is 3.91. The quantitative estimate of drug-likeness (QED) is 0.699. The Kier molecular flexibility index (Phi) is 3.55. The molecule has 0 aromatic carbocycles. The van der Waals surface area contributed by atoms with Gasteiger partial charge in [0.1, 0.15) is 0 Å². The van der Waals surface area contributed by atoms with E-state index in [1.807, 2.05) is 13.5 Å². The molecule has 0 aliphatic carbocycles. The van der Waals surface area contributed by atoms with Gasteiger partial charge < -0.3 is 10.1 Å². The van der Waals surface area contributed by atoms with Crippen molar-refractivity contribution in [1.29, 1.82) is 0 Å². The maximum Gasteiger partial charge on any atom is 0.0680 e. The molecule has 2 nitrogen and oxygen atoms in total. The smallest absolute Gasteiger partial charge is 0.0680 e. The third-order valence-electron chi connectivity index (χ3n) is 2.10. The number of hydrogen-bond acceptors (Lipinski definition) is 2. The number of nitrogens with one attached hydrogen (secondary N) is 1. The Hall–Kier alpha value is -1.08. The monoisotopic (exact) mass is 404 g/mol. The van der Waals surface area contributed by atoms with Crippen molar-refractivity contribution in [1.82, 2.24) is 5.32 Å². The second kappa shape index (κ2) is 3.94. The van der Waals surface area contributed by atoms with E-state index in [0.29, 0.717) is 18.1 Å². The predicted octanol–water partition coefficient (Wildman–Crippen LogP) is 1.18. The van der Waals surface area contributed by atoms with Crippen molar-refractivity contribution in [2.24, 2.45) is 5.92 Å². The molecule has 0 aromatic rings. The summed E-state index contributed by atoms with van der Waals surface area (Å²) in [5.74, 6) is 0.645. The molecular formula is C8H16LrNO-. The summed E-state index contributed by atoms with van der Waals surface area (Å²) in [7, 11) is 0. The molecule has 0 bridgehead atoms. The molecule has 1 N–H and O–H groups in total. The van der Waals surface area contributed by atoms with Crippen molar-refractivity contribution in [3.05, 3.63) is 6.54 Å². The van der Waals surface area contributed by atoms with Gasteiger partial charge in [0, 0.05) is 6.04 Å². The van der Waals surface area contributed by atoms with E-state index < -0.39 is 0 Å². The van der Waals surface area contributed by atoms with Crippen LogP contribution in [0.15, 0.2) is 0 Å². The van der Waals surface area contributed by atoms with Gasteiger partial charge in [0.2, 0.25) is 0 Å². The molecule has 1 fully saturated rings. The van der Waals surface area contributed by atoms with Gasteiger partial charge in [0.25, 0.3) is 0 Å². The molecule has 1 aliphatic rings. The van der Waals surface area contributed by atoms with Crippen LogP contribution < -0.4 is 5.32 Å². The normalized spacial score (nSPS) is 36.8. The molecule has 1 radical (unpaired) electrons. The van der Waals surface area contributed by atoms with Crippen molar-refractivity contribution in [2.75, 3.05) is 6.61 Å². The number of rotatable bonds is 2. The fraction of sp³-hybridized carbons (Fsp3) is 0.875. The summed E-state index contributed by atoms with van der Waals surface area (Å²) >= 11 is 0. The van der Waals surface area contributed by atoms with Crippen LogP contribution in [0.3, 0.4) is 0 Å². The summed E-state index contributed by atoms with van der Waals surface area (Å²) in [6.07, 6.45) is 0.367. The van der Waals surface area contributed by atoms with Crippen LogP contribution in [-0.4, -0.2) is 18.8 Å². The van der Waals surface area contributed by atoms with Gasteiger partial charge in [-0.15, -0.1) is 0 Å². The van der Waals surface area contributed by atoms with Gasteiger partial charge in [-0.3, -0.25) is 6.54 Å². The van der Waals surface area contributed by atoms with Crippen molar-refractivity contribution in [3.8, 4) is 0 Å². The summed E-state index contributed by atoms with van der Waals surface area (Å²) in [5.41, 5.74) is 0. The third kappa shape index (κ3) is 1.92. The van der Waals surface area contributed by atoms with E-state index in [1.165, 1.54) is 0 Å². The van der Waals surface area contributed by atoms with E-state index in [9.17, 15) is 0 Å². The fourth-order valence-corrected chi connectivity index (χ4v) is 1.47. The minimum Gasteiger partial charge on any atom is -0.465 e. The van der Waals surface area contributed by atoms with Gasteiger partial charge in [-0.05, 0) is 12.8 Å². The molecule has 3 atom stereocenters. The van der Waals surface area contributed by atoms with E-state index >= 15 is 0 Å². The van der Waals surface area contributed by atoms with Crippen LogP contribution in [0.25, 0.3) is 0 Å². The first-order valence-corrected chi connectivity index (χ1v) is 3.91. The predicted molar refractivity (Wildman–Crippen MR) is 41.5 cm³/mol. The first-order chi connectivity index (χ1) is 4.75. The second-order valence-electron chi connectivity index (χ2n) is 3.00. The fourth-order valence-electron chi connectivity index (χ4n) is 1.47. The van der Waals surface area contributed by atoms with Gasteiger partial charge >= 0.3 is 0 Å². The zero-order chi connectivity index (χ0) is 7.56. The Labute approximate surface area is 63.0 Å². The van der Waals surface area contributed by atoms with Gasteiger partial charge in [0.05, 0.1) is 12.7 Å². The van der Waals surface area contributed by atoms with Gasteiger partial charge in [-0.2, -0.15) is 6.92 Å². The molecule has 0 aromatic heterocycles. The van der Waals surface area contributed by atoms with Crippen LogP contribution in [0.2, 0.25) is 0 Å². The molecule has 3 unspecified atom stereocenters. The molecule has 0 amide bonds. The summed E-state index contributed by atoms with van der Waals surface area (Å²) in [4.78, 5) is 0. The van der Waals surface area contributed by atoms with Crippen molar-refractivity contribution >= 4 is 0 Å². The largest absolute Gasteiger partial charge is 0.465 e. The summed E-state index contributed by atoms with van der Waals surface area (Å²) in [6.45, 7) is 9.23. The van der Waals surface area contributed by atoms with Crippen LogP contribution in [0, 0.1) is 12.5 Å². The van der Waals surface area contributed by atoms with Crippen LogP contribution in [0.4, 0.5) is 0 Å². The Morgan fingerprint density at radius 3 is 2.45 bits per heavy atom. The second-order valence-corrected chi connectivity index (χ2v) is 3.00. The van der Waals surface area contributed by atoms with Gasteiger partial charge in [-0.1, -0.05) is 6.92 Å². The van der Waals surface area contributed by atoms with Crippen LogP contribution in [0.1, 0.15) is 20.8 Å². The summed E-state index contributed by atoms with van der Waals surface area (Å²) in [5, 5.41) is 3.29. The van der Waals surface area contributed by atoms with Crippen LogP contribution in [-0.2, 0) is 4.74 Å². The maximum atomic E-state index is 5.45. The molecule has 75 valence electrons. The zero-order valence-electron chi connectivity index (χ0n) is 7.18. The average Bonchev–Trinajstić information content (AvgIpc) is 2.20. The van der Waals surface area contributed by atoms with Crippen LogP contribution in [0.5, 0.6) is 0 Å². The van der Waals surface area contributed by atoms with E-state index in [4.69, 9.17) is 4.74 Å². The van der Waals surface area contributed by atoms with Gasteiger partial charge in [-0.25, -0.2) is 0 Å². The van der Waals surface area contributed by atoms with Crippen molar-refractivity contribution < 1.29 is 4.74 Å². The maximum absolute atomic E-state index is 5.45. The van der Waals surface area contributed by atoms with Crippen LogP contribution >= 0.6 is 0 Å². The standard InChI is InChI=1S/C8H16NO.Lr/c1-4-9-8-6(2)5-10-7(8)3;/h4,6-9H,5H2,1-3H3;/q-1;. The van der Waals surface area contributed by atoms with E-state index in [-0.39, 0.29) is 0 Å². The third-order valence-corrected chi connectivity index (χ3v) is 2.10. The Balaban J connectivity index is 0.000001000. The molecule has 1 saturated heterocycles. The van der Waals surface area contributed by atoms with Crippen molar-refractivity contribution in [2.45, 2.75) is 32.9 Å². The Morgan fingerprint density at radius 2 is 2.09 bits per heavy atom. The topological polar surface area (TPSA) is 21.3 Å². The molecular weight excluding hydrogens is 388 g/mol. The Morgan fingerprint density at radius 1 is 1.45 bits per heavy atom. The molecule has 1 rings (SSSR count).